The second-order valence-electron chi connectivity index (χ2n) is 5.92. The van der Waals surface area contributed by atoms with E-state index in [0.29, 0.717) is 5.02 Å². The number of hydrazine groups is 1. The summed E-state index contributed by atoms with van der Waals surface area (Å²) in [6.07, 6.45) is 2.79. The summed E-state index contributed by atoms with van der Waals surface area (Å²) in [5.41, 5.74) is 7.36. The molecule has 25 heavy (non-hydrogen) atoms. The lowest BCUT2D eigenvalue weighted by Crippen LogP contribution is -2.45. The van der Waals surface area contributed by atoms with Gasteiger partial charge in [-0.05, 0) is 54.7 Å². The van der Waals surface area contributed by atoms with Crippen LogP contribution in [0.1, 0.15) is 29.9 Å². The Balaban J connectivity index is 1.49. The van der Waals surface area contributed by atoms with Gasteiger partial charge in [0.15, 0.2) is 0 Å². The summed E-state index contributed by atoms with van der Waals surface area (Å²) in [4.78, 5) is 25.3. The summed E-state index contributed by atoms with van der Waals surface area (Å²) in [6.45, 7) is 0. The normalized spacial score (nSPS) is 16.0. The third-order valence-corrected chi connectivity index (χ3v) is 5.46. The number of carbonyl (C=O) groups excluding carboxylic acids is 2. The van der Waals surface area contributed by atoms with Crippen LogP contribution < -0.4 is 10.9 Å². The molecule has 2 N–H and O–H groups in total. The van der Waals surface area contributed by atoms with Crippen LogP contribution in [-0.4, -0.2) is 17.6 Å². The number of halogens is 1. The van der Waals surface area contributed by atoms with E-state index in [1.54, 1.807) is 12.1 Å². The van der Waals surface area contributed by atoms with Crippen molar-refractivity contribution < 1.29 is 9.59 Å². The zero-order chi connectivity index (χ0) is 17.6. The average Bonchev–Trinajstić information content (AvgIpc) is 2.65. The number of hydrogen-bond donors (Lipinski definition) is 2. The van der Waals surface area contributed by atoms with E-state index < -0.39 is 0 Å². The van der Waals surface area contributed by atoms with Crippen molar-refractivity contribution in [3.05, 3.63) is 64.7 Å². The van der Waals surface area contributed by atoms with Crippen molar-refractivity contribution in [1.29, 1.82) is 0 Å². The minimum Gasteiger partial charge on any atom is -0.273 e. The highest BCUT2D eigenvalue weighted by molar-refractivity contribution is 8.00. The molecular weight excluding hydrogens is 356 g/mol. The number of benzene rings is 2. The monoisotopic (exact) mass is 374 g/mol. The minimum absolute atomic E-state index is 0.156. The average molecular weight is 375 g/mol. The van der Waals surface area contributed by atoms with Crippen LogP contribution in [0.25, 0.3) is 0 Å². The fourth-order valence-electron chi connectivity index (χ4n) is 2.96. The Morgan fingerprint density at radius 1 is 1.08 bits per heavy atom. The number of fused-ring (bicyclic) bond motifs is 1. The Morgan fingerprint density at radius 3 is 2.64 bits per heavy atom. The van der Waals surface area contributed by atoms with E-state index in [-0.39, 0.29) is 23.5 Å². The predicted molar refractivity (Wildman–Crippen MR) is 101 cm³/mol. The van der Waals surface area contributed by atoms with E-state index >= 15 is 0 Å². The highest BCUT2D eigenvalue weighted by atomic mass is 35.5. The molecule has 2 amide bonds. The van der Waals surface area contributed by atoms with Crippen LogP contribution in [-0.2, 0) is 16.0 Å². The zero-order valence-corrected chi connectivity index (χ0v) is 15.2. The van der Waals surface area contributed by atoms with E-state index in [0.717, 1.165) is 29.7 Å². The van der Waals surface area contributed by atoms with Gasteiger partial charge in [-0.3, -0.25) is 20.4 Å². The molecule has 0 aliphatic heterocycles. The lowest BCUT2D eigenvalue weighted by atomic mass is 9.82. The molecular formula is C19H19ClN2O2S. The number of aryl methyl sites for hydroxylation is 1. The zero-order valence-electron chi connectivity index (χ0n) is 13.6. The molecule has 0 saturated heterocycles. The molecule has 0 fully saturated rings. The molecule has 0 unspecified atom stereocenters. The highest BCUT2D eigenvalue weighted by Crippen LogP contribution is 2.31. The second-order valence-corrected chi connectivity index (χ2v) is 7.41. The van der Waals surface area contributed by atoms with Gasteiger partial charge in [-0.2, -0.15) is 0 Å². The summed E-state index contributed by atoms with van der Waals surface area (Å²) in [5.74, 6) is -0.369. The Labute approximate surface area is 156 Å². The molecule has 0 radical (unpaired) electrons. The minimum atomic E-state index is -0.239. The number of hydrogen-bond acceptors (Lipinski definition) is 3. The van der Waals surface area contributed by atoms with Gasteiger partial charge >= 0.3 is 0 Å². The first-order valence-electron chi connectivity index (χ1n) is 8.18. The molecule has 1 atom stereocenters. The number of rotatable bonds is 4. The number of thioether (sulfide) groups is 1. The highest BCUT2D eigenvalue weighted by Gasteiger charge is 2.26. The quantitative estimate of drug-likeness (QED) is 0.633. The van der Waals surface area contributed by atoms with Crippen LogP contribution in [0, 0.1) is 0 Å². The van der Waals surface area contributed by atoms with Crippen molar-refractivity contribution in [2.45, 2.75) is 30.1 Å². The van der Waals surface area contributed by atoms with Gasteiger partial charge in [-0.15, -0.1) is 11.8 Å². The molecule has 3 rings (SSSR count). The molecule has 130 valence electrons. The van der Waals surface area contributed by atoms with E-state index in [9.17, 15) is 9.59 Å². The summed E-state index contributed by atoms with van der Waals surface area (Å²) >= 11 is 7.22. The van der Waals surface area contributed by atoms with Gasteiger partial charge in [0, 0.05) is 9.92 Å². The molecule has 0 aromatic heterocycles. The molecule has 0 heterocycles. The van der Waals surface area contributed by atoms with Gasteiger partial charge in [0.1, 0.15) is 0 Å². The van der Waals surface area contributed by atoms with Crippen molar-refractivity contribution >= 4 is 35.2 Å². The van der Waals surface area contributed by atoms with Crippen LogP contribution in [0.5, 0.6) is 0 Å². The molecule has 6 heteroatoms. The summed E-state index contributed by atoms with van der Waals surface area (Å²) < 4.78 is 0. The lowest BCUT2D eigenvalue weighted by molar-refractivity contribution is -0.128. The fourth-order valence-corrected chi connectivity index (χ4v) is 3.78. The summed E-state index contributed by atoms with van der Waals surface area (Å²) in [5, 5.41) is 0.661. The molecule has 0 bridgehead atoms. The molecule has 1 aliphatic carbocycles. The number of carbonyl (C=O) groups is 2. The van der Waals surface area contributed by atoms with Crippen molar-refractivity contribution in [1.82, 2.24) is 10.9 Å². The van der Waals surface area contributed by atoms with E-state index in [1.807, 2.05) is 30.3 Å². The summed E-state index contributed by atoms with van der Waals surface area (Å²) in [7, 11) is 0. The van der Waals surface area contributed by atoms with Gasteiger partial charge in [0.05, 0.1) is 11.7 Å². The SMILES string of the molecule is O=C(CSc1ccc(Cl)cc1)NNC(=O)[C@@H]1CCCc2ccccc21. The molecule has 2 aromatic rings. The molecule has 0 saturated carbocycles. The predicted octanol–water partition coefficient (Wildman–Crippen LogP) is 3.70. The maximum absolute atomic E-state index is 12.4. The maximum Gasteiger partial charge on any atom is 0.248 e. The van der Waals surface area contributed by atoms with Crippen molar-refractivity contribution in [3.8, 4) is 0 Å². The number of amides is 2. The summed E-state index contributed by atoms with van der Waals surface area (Å²) in [6, 6.07) is 15.3. The Morgan fingerprint density at radius 2 is 1.84 bits per heavy atom. The lowest BCUT2D eigenvalue weighted by Gasteiger charge is -2.24. The third kappa shape index (κ3) is 4.77. The Kier molecular flexibility index (Phi) is 6.00. The second kappa shape index (κ2) is 8.41. The fraction of sp³-hybridized carbons (Fsp3) is 0.263. The van der Waals surface area contributed by atoms with Gasteiger partial charge < -0.3 is 0 Å². The Bertz CT molecular complexity index is 764. The van der Waals surface area contributed by atoms with Crippen molar-refractivity contribution in [2.75, 3.05) is 5.75 Å². The van der Waals surface area contributed by atoms with Crippen molar-refractivity contribution in [3.63, 3.8) is 0 Å². The first kappa shape index (κ1) is 17.8. The standard InChI is InChI=1S/C19H19ClN2O2S/c20-14-8-10-15(11-9-14)25-12-18(23)21-22-19(24)17-7-3-5-13-4-1-2-6-16(13)17/h1-2,4,6,8-11,17H,3,5,7,12H2,(H,21,23)(H,22,24)/t17-/m1/s1. The molecule has 0 spiro atoms. The first-order chi connectivity index (χ1) is 12.1. The van der Waals surface area contributed by atoms with Crippen LogP contribution in [0.15, 0.2) is 53.4 Å². The van der Waals surface area contributed by atoms with Crippen LogP contribution in [0.4, 0.5) is 0 Å². The van der Waals surface area contributed by atoms with Crippen LogP contribution in [0.2, 0.25) is 5.02 Å². The van der Waals surface area contributed by atoms with Crippen LogP contribution in [0.3, 0.4) is 0 Å². The van der Waals surface area contributed by atoms with Gasteiger partial charge in [-0.25, -0.2) is 0 Å². The topological polar surface area (TPSA) is 58.2 Å². The maximum atomic E-state index is 12.4. The van der Waals surface area contributed by atoms with Gasteiger partial charge in [-0.1, -0.05) is 35.9 Å². The molecule has 4 nitrogen and oxygen atoms in total. The number of nitrogens with one attached hydrogen (secondary N) is 2. The largest absolute Gasteiger partial charge is 0.273 e. The van der Waals surface area contributed by atoms with E-state index in [4.69, 9.17) is 11.6 Å². The third-order valence-electron chi connectivity index (χ3n) is 4.19. The van der Waals surface area contributed by atoms with Crippen molar-refractivity contribution in [2.24, 2.45) is 0 Å². The molecule has 1 aliphatic rings. The molecule has 2 aromatic carbocycles. The van der Waals surface area contributed by atoms with Gasteiger partial charge in [0.2, 0.25) is 11.8 Å². The smallest absolute Gasteiger partial charge is 0.248 e. The Hall–Kier alpha value is -1.98. The van der Waals surface area contributed by atoms with E-state index in [2.05, 4.69) is 16.9 Å². The van der Waals surface area contributed by atoms with Gasteiger partial charge in [0.25, 0.3) is 0 Å². The first-order valence-corrected chi connectivity index (χ1v) is 9.55. The van der Waals surface area contributed by atoms with Crippen LogP contribution >= 0.6 is 23.4 Å². The van der Waals surface area contributed by atoms with E-state index in [1.165, 1.54) is 17.3 Å².